The van der Waals surface area contributed by atoms with Crippen LogP contribution in [0, 0.1) is 0 Å². The van der Waals surface area contributed by atoms with Crippen LogP contribution in [-0.4, -0.2) is 0 Å². The maximum atomic E-state index is 2.43. The molecule has 1 heteroatoms. The van der Waals surface area contributed by atoms with Gasteiger partial charge in [0.1, 0.15) is 0 Å². The fraction of sp³-hybridized carbons (Fsp3) is 0. The summed E-state index contributed by atoms with van der Waals surface area (Å²) in [7, 11) is 0. The SMILES string of the molecule is c1ccc2c(-c3ccc4c(c3)-c3cccc5cccc(c35)S4)c3c(ccc4ccccc43)cc2c1. The zero-order valence-corrected chi connectivity index (χ0v) is 19.8. The molecule has 35 heavy (non-hydrogen) atoms. The molecule has 0 bridgehead atoms. The number of hydrogen-bond acceptors (Lipinski definition) is 1. The minimum absolute atomic E-state index is 1.28. The Kier molecular flexibility index (Phi) is 3.97. The zero-order chi connectivity index (χ0) is 22.9. The van der Waals surface area contributed by atoms with E-state index in [1.54, 1.807) is 0 Å². The number of fused-ring (bicyclic) bond motifs is 6. The van der Waals surface area contributed by atoms with Crippen LogP contribution in [0.2, 0.25) is 0 Å². The molecule has 0 spiro atoms. The summed E-state index contributed by atoms with van der Waals surface area (Å²) in [6, 6.07) is 44.8. The van der Waals surface area contributed by atoms with Crippen LogP contribution in [0.15, 0.2) is 131 Å². The predicted octanol–water partition coefficient (Wildman–Crippen LogP) is 10.1. The molecule has 0 amide bonds. The number of benzene rings is 7. The van der Waals surface area contributed by atoms with E-state index >= 15 is 0 Å². The maximum Gasteiger partial charge on any atom is 0.0207 e. The van der Waals surface area contributed by atoms with E-state index in [2.05, 4.69) is 121 Å². The summed E-state index contributed by atoms with van der Waals surface area (Å²) in [5.41, 5.74) is 5.27. The highest BCUT2D eigenvalue weighted by Crippen LogP contribution is 2.50. The lowest BCUT2D eigenvalue weighted by Crippen LogP contribution is -1.94. The van der Waals surface area contributed by atoms with Gasteiger partial charge in [-0.3, -0.25) is 0 Å². The molecule has 0 atom stereocenters. The van der Waals surface area contributed by atoms with Crippen molar-refractivity contribution >= 4 is 54.9 Å². The summed E-state index contributed by atoms with van der Waals surface area (Å²) in [5, 5.41) is 10.5. The first-order valence-corrected chi connectivity index (χ1v) is 12.8. The first-order chi connectivity index (χ1) is 17.3. The van der Waals surface area contributed by atoms with Crippen molar-refractivity contribution in [2.75, 3.05) is 0 Å². The molecule has 0 saturated heterocycles. The third kappa shape index (κ3) is 2.76. The molecular weight excluding hydrogens is 440 g/mol. The van der Waals surface area contributed by atoms with Crippen molar-refractivity contribution in [2.24, 2.45) is 0 Å². The maximum absolute atomic E-state index is 2.43. The van der Waals surface area contributed by atoms with E-state index < -0.39 is 0 Å². The van der Waals surface area contributed by atoms with Crippen molar-refractivity contribution in [3.05, 3.63) is 121 Å². The molecule has 1 heterocycles. The fourth-order valence-electron chi connectivity index (χ4n) is 5.86. The number of hydrogen-bond donors (Lipinski definition) is 0. The van der Waals surface area contributed by atoms with Gasteiger partial charge in [0.2, 0.25) is 0 Å². The van der Waals surface area contributed by atoms with Gasteiger partial charge < -0.3 is 0 Å². The Labute approximate surface area is 207 Å². The van der Waals surface area contributed by atoms with E-state index in [4.69, 9.17) is 0 Å². The van der Waals surface area contributed by atoms with E-state index in [1.807, 2.05) is 11.8 Å². The van der Waals surface area contributed by atoms with E-state index in [0.29, 0.717) is 0 Å². The second-order valence-corrected chi connectivity index (χ2v) is 10.4. The standard InChI is InChI=1S/C34H20S/c1-3-11-26-21(7-1)15-16-24-19-23-8-2-4-12-27(23)34(33(24)26)25-17-18-30-29(20-25)28-13-5-9-22-10-6-14-31(35-30)32(22)28/h1-20H. The second-order valence-electron chi connectivity index (χ2n) is 9.33. The molecule has 162 valence electrons. The highest BCUT2D eigenvalue weighted by atomic mass is 32.2. The predicted molar refractivity (Wildman–Crippen MR) is 151 cm³/mol. The normalized spacial score (nSPS) is 12.5. The van der Waals surface area contributed by atoms with Gasteiger partial charge in [-0.15, -0.1) is 0 Å². The van der Waals surface area contributed by atoms with Crippen LogP contribution in [0.5, 0.6) is 0 Å². The monoisotopic (exact) mass is 460 g/mol. The van der Waals surface area contributed by atoms with Crippen LogP contribution < -0.4 is 0 Å². The lowest BCUT2D eigenvalue weighted by atomic mass is 9.87. The highest BCUT2D eigenvalue weighted by molar-refractivity contribution is 7.99. The molecule has 1 aliphatic rings. The number of rotatable bonds is 1. The summed E-state index contributed by atoms with van der Waals surface area (Å²) >= 11 is 1.89. The molecule has 0 saturated carbocycles. The van der Waals surface area contributed by atoms with Crippen molar-refractivity contribution in [3.63, 3.8) is 0 Å². The molecule has 0 aromatic heterocycles. The van der Waals surface area contributed by atoms with Crippen molar-refractivity contribution in [3.8, 4) is 22.3 Å². The molecule has 0 unspecified atom stereocenters. The molecule has 0 radical (unpaired) electrons. The van der Waals surface area contributed by atoms with Crippen LogP contribution in [0.25, 0.3) is 65.3 Å². The first-order valence-electron chi connectivity index (χ1n) is 12.0. The van der Waals surface area contributed by atoms with Gasteiger partial charge in [0.05, 0.1) is 0 Å². The first kappa shape index (κ1) is 19.3. The van der Waals surface area contributed by atoms with Gasteiger partial charge >= 0.3 is 0 Å². The Morgan fingerprint density at radius 2 is 1.14 bits per heavy atom. The van der Waals surface area contributed by atoms with Crippen LogP contribution in [0.1, 0.15) is 0 Å². The molecule has 0 N–H and O–H groups in total. The van der Waals surface area contributed by atoms with E-state index in [9.17, 15) is 0 Å². The van der Waals surface area contributed by atoms with Crippen molar-refractivity contribution < 1.29 is 0 Å². The van der Waals surface area contributed by atoms with Gasteiger partial charge in [-0.25, -0.2) is 0 Å². The summed E-state index contributed by atoms with van der Waals surface area (Å²) in [6.45, 7) is 0. The lowest BCUT2D eigenvalue weighted by molar-refractivity contribution is 1.40. The Balaban J connectivity index is 1.51. The largest absolute Gasteiger partial charge is 0.0888 e. The molecule has 0 fully saturated rings. The van der Waals surface area contributed by atoms with E-state index in [-0.39, 0.29) is 0 Å². The minimum atomic E-state index is 1.28. The Hall–Kier alpha value is -4.07. The van der Waals surface area contributed by atoms with Gasteiger partial charge in [0.25, 0.3) is 0 Å². The van der Waals surface area contributed by atoms with Crippen molar-refractivity contribution in [2.45, 2.75) is 9.79 Å². The Bertz CT molecular complexity index is 1970. The average Bonchev–Trinajstić information content (AvgIpc) is 2.92. The van der Waals surface area contributed by atoms with E-state index in [0.717, 1.165) is 0 Å². The molecule has 8 rings (SSSR count). The smallest absolute Gasteiger partial charge is 0.0207 e. The van der Waals surface area contributed by atoms with Gasteiger partial charge in [-0.1, -0.05) is 109 Å². The van der Waals surface area contributed by atoms with Crippen LogP contribution in [-0.2, 0) is 0 Å². The average molecular weight is 461 g/mol. The van der Waals surface area contributed by atoms with Crippen LogP contribution in [0.4, 0.5) is 0 Å². The van der Waals surface area contributed by atoms with Gasteiger partial charge in [0, 0.05) is 15.2 Å². The lowest BCUT2D eigenvalue weighted by Gasteiger charge is -2.22. The second kappa shape index (κ2) is 7.21. The fourth-order valence-corrected chi connectivity index (χ4v) is 6.99. The van der Waals surface area contributed by atoms with Gasteiger partial charge in [-0.2, -0.15) is 0 Å². The third-order valence-electron chi connectivity index (χ3n) is 7.40. The summed E-state index contributed by atoms with van der Waals surface area (Å²) in [5.74, 6) is 0. The molecule has 7 aromatic rings. The Morgan fingerprint density at radius 1 is 0.400 bits per heavy atom. The van der Waals surface area contributed by atoms with Crippen molar-refractivity contribution in [1.82, 2.24) is 0 Å². The molecule has 1 aliphatic heterocycles. The highest BCUT2D eigenvalue weighted by Gasteiger charge is 2.21. The molecule has 7 aromatic carbocycles. The van der Waals surface area contributed by atoms with Gasteiger partial charge in [0.15, 0.2) is 0 Å². The Morgan fingerprint density at radius 3 is 2.06 bits per heavy atom. The topological polar surface area (TPSA) is 0 Å². The molecular formula is C34H20S. The van der Waals surface area contributed by atoms with Gasteiger partial charge in [-0.05, 0) is 84.2 Å². The summed E-state index contributed by atoms with van der Waals surface area (Å²) in [6.07, 6.45) is 0. The van der Waals surface area contributed by atoms with Crippen molar-refractivity contribution in [1.29, 1.82) is 0 Å². The summed E-state index contributed by atoms with van der Waals surface area (Å²) < 4.78 is 0. The molecule has 0 nitrogen and oxygen atoms in total. The zero-order valence-electron chi connectivity index (χ0n) is 19.0. The molecule has 0 aliphatic carbocycles. The summed E-state index contributed by atoms with van der Waals surface area (Å²) in [4.78, 5) is 2.68. The minimum Gasteiger partial charge on any atom is -0.0888 e. The van der Waals surface area contributed by atoms with Crippen LogP contribution in [0.3, 0.4) is 0 Å². The quantitative estimate of drug-likeness (QED) is 0.173. The van der Waals surface area contributed by atoms with E-state index in [1.165, 1.54) is 75.1 Å². The van der Waals surface area contributed by atoms with Crippen LogP contribution >= 0.6 is 11.8 Å². The third-order valence-corrected chi connectivity index (χ3v) is 8.53.